The Morgan fingerprint density at radius 1 is 1.26 bits per heavy atom. The monoisotopic (exact) mass is 412 g/mol. The van der Waals surface area contributed by atoms with Crippen molar-refractivity contribution < 1.29 is 5.11 Å². The van der Waals surface area contributed by atoms with Crippen molar-refractivity contribution >= 4 is 43.5 Å². The highest BCUT2D eigenvalue weighted by Crippen LogP contribution is 2.63. The minimum Gasteiger partial charge on any atom is -0.388 e. The van der Waals surface area contributed by atoms with Gasteiger partial charge in [-0.15, -0.1) is 11.6 Å². The van der Waals surface area contributed by atoms with Crippen LogP contribution in [-0.2, 0) is 0 Å². The molecule has 0 bridgehead atoms. The van der Waals surface area contributed by atoms with Crippen molar-refractivity contribution in [3.63, 3.8) is 0 Å². The number of hydrogen-bond donors (Lipinski definition) is 1. The van der Waals surface area contributed by atoms with E-state index >= 15 is 0 Å². The largest absolute Gasteiger partial charge is 0.388 e. The van der Waals surface area contributed by atoms with Gasteiger partial charge in [0.05, 0.1) is 15.8 Å². The Hall–Kier alpha value is 0.950. The van der Waals surface area contributed by atoms with Crippen LogP contribution in [-0.4, -0.2) is 25.7 Å². The quantitative estimate of drug-likeness (QED) is 0.435. The molecule has 0 unspecified atom stereocenters. The molecule has 0 aromatic carbocycles. The van der Waals surface area contributed by atoms with E-state index in [9.17, 15) is 5.11 Å². The first kappa shape index (κ1) is 16.3. The molecular weight excluding hydrogens is 391 g/mol. The van der Waals surface area contributed by atoms with Crippen molar-refractivity contribution in [2.75, 3.05) is 0 Å². The molecule has 0 heterocycles. The van der Waals surface area contributed by atoms with Gasteiger partial charge in [0.15, 0.2) is 0 Å². The zero-order valence-corrected chi connectivity index (χ0v) is 15.9. The topological polar surface area (TPSA) is 20.2 Å². The van der Waals surface area contributed by atoms with Crippen molar-refractivity contribution in [1.29, 1.82) is 0 Å². The van der Waals surface area contributed by atoms with E-state index in [4.69, 9.17) is 11.6 Å². The van der Waals surface area contributed by atoms with Gasteiger partial charge >= 0.3 is 0 Å². The molecule has 2 rings (SSSR count). The summed E-state index contributed by atoms with van der Waals surface area (Å²) < 4.78 is 0. The Kier molecular flexibility index (Phi) is 4.29. The number of alkyl halides is 3. The summed E-state index contributed by atoms with van der Waals surface area (Å²) in [7, 11) is 0. The van der Waals surface area contributed by atoms with Crippen LogP contribution >= 0.6 is 43.5 Å². The number of rotatable bonds is 0. The molecule has 0 saturated heterocycles. The summed E-state index contributed by atoms with van der Waals surface area (Å²) in [4.78, 5) is 0.218. The minimum absolute atomic E-state index is 0.00462. The predicted octanol–water partition coefficient (Wildman–Crippen LogP) is 5.03. The van der Waals surface area contributed by atoms with E-state index in [1.165, 1.54) is 5.57 Å². The van der Waals surface area contributed by atoms with Crippen molar-refractivity contribution in [3.05, 3.63) is 11.6 Å². The third kappa shape index (κ3) is 2.37. The molecule has 5 atom stereocenters. The zero-order chi connectivity index (χ0) is 14.6. The fourth-order valence-electron chi connectivity index (χ4n) is 3.88. The fourth-order valence-corrected chi connectivity index (χ4v) is 5.42. The van der Waals surface area contributed by atoms with E-state index < -0.39 is 6.10 Å². The Labute approximate surface area is 138 Å². The third-order valence-corrected chi connectivity index (χ3v) is 9.36. The van der Waals surface area contributed by atoms with Gasteiger partial charge < -0.3 is 5.11 Å². The molecule has 0 amide bonds. The maximum Gasteiger partial charge on any atom is 0.0854 e. The van der Waals surface area contributed by atoms with Crippen LogP contribution in [0.4, 0.5) is 0 Å². The van der Waals surface area contributed by atoms with E-state index in [2.05, 4.69) is 59.6 Å². The second-order valence-electron chi connectivity index (χ2n) is 7.00. The van der Waals surface area contributed by atoms with Crippen molar-refractivity contribution in [2.24, 2.45) is 10.8 Å². The lowest BCUT2D eigenvalue weighted by molar-refractivity contribution is 0.0124. The molecule has 19 heavy (non-hydrogen) atoms. The summed E-state index contributed by atoms with van der Waals surface area (Å²) in [5.74, 6) is 0. The highest BCUT2D eigenvalue weighted by Gasteiger charge is 2.58. The average Bonchev–Trinajstić information content (AvgIpc) is 2.29. The molecule has 1 saturated carbocycles. The number of aliphatic hydroxyl groups excluding tert-OH is 1. The molecule has 0 aliphatic heterocycles. The summed E-state index contributed by atoms with van der Waals surface area (Å²) in [6.45, 7) is 8.82. The molecule has 0 aromatic rings. The number of halogens is 3. The standard InChI is InChI=1S/C15H23Br2ClO/c1-9-7-10(19)12(17)13(2,3)15(9)6-5-14(4,18)11(16)8-15/h7,10-12,19H,5-6,8H2,1-4H3/t10-,11+,12-,14+,15+/m1/s1. The lowest BCUT2D eigenvalue weighted by atomic mass is 9.50. The van der Waals surface area contributed by atoms with Crippen molar-refractivity contribution in [1.82, 2.24) is 0 Å². The van der Waals surface area contributed by atoms with Crippen LogP contribution in [0.1, 0.15) is 47.0 Å². The number of allylic oxidation sites excluding steroid dienone is 1. The van der Waals surface area contributed by atoms with Crippen LogP contribution in [0.15, 0.2) is 11.6 Å². The summed E-state index contributed by atoms with van der Waals surface area (Å²) in [5.41, 5.74) is 1.44. The van der Waals surface area contributed by atoms with Crippen LogP contribution in [0, 0.1) is 10.8 Å². The van der Waals surface area contributed by atoms with Crippen LogP contribution in [0.2, 0.25) is 0 Å². The van der Waals surface area contributed by atoms with Gasteiger partial charge in [0, 0.05) is 4.83 Å². The van der Waals surface area contributed by atoms with Crippen molar-refractivity contribution in [3.8, 4) is 0 Å². The van der Waals surface area contributed by atoms with Gasteiger partial charge in [-0.2, -0.15) is 0 Å². The Bertz CT molecular complexity index is 405. The summed E-state index contributed by atoms with van der Waals surface area (Å²) in [6, 6.07) is 0. The van der Waals surface area contributed by atoms with Gasteiger partial charge in [0.1, 0.15) is 0 Å². The zero-order valence-electron chi connectivity index (χ0n) is 12.0. The predicted molar refractivity (Wildman–Crippen MR) is 89.5 cm³/mol. The summed E-state index contributed by atoms with van der Waals surface area (Å²) in [6.07, 6.45) is 4.73. The maximum atomic E-state index is 10.2. The van der Waals surface area contributed by atoms with E-state index in [0.29, 0.717) is 4.83 Å². The van der Waals surface area contributed by atoms with Gasteiger partial charge in [-0.25, -0.2) is 0 Å². The molecule has 2 aliphatic rings. The van der Waals surface area contributed by atoms with Gasteiger partial charge in [0.25, 0.3) is 0 Å². The highest BCUT2D eigenvalue weighted by molar-refractivity contribution is 9.09. The molecule has 2 aliphatic carbocycles. The van der Waals surface area contributed by atoms with Gasteiger partial charge in [-0.3, -0.25) is 0 Å². The van der Waals surface area contributed by atoms with Crippen LogP contribution in [0.3, 0.4) is 0 Å². The summed E-state index contributed by atoms with van der Waals surface area (Å²) in [5, 5.41) is 10.2. The second kappa shape index (κ2) is 5.00. The highest BCUT2D eigenvalue weighted by atomic mass is 79.9. The van der Waals surface area contributed by atoms with Crippen LogP contribution in [0.5, 0.6) is 0 Å². The Morgan fingerprint density at radius 3 is 2.37 bits per heavy atom. The van der Waals surface area contributed by atoms with Gasteiger partial charge in [0.2, 0.25) is 0 Å². The third-order valence-electron chi connectivity index (χ3n) is 5.62. The normalized spacial score (nSPS) is 50.1. The van der Waals surface area contributed by atoms with E-state index in [-0.39, 0.29) is 20.5 Å². The van der Waals surface area contributed by atoms with E-state index in [1.54, 1.807) is 0 Å². The SMILES string of the molecule is CC1=C[C@@H](O)[C@@H](Br)C(C)(C)[C@]12CC[C@](C)(Cl)[C@@H](Br)C2. The summed E-state index contributed by atoms with van der Waals surface area (Å²) >= 11 is 14.1. The molecular formula is C15H23Br2ClO. The van der Waals surface area contributed by atoms with Gasteiger partial charge in [-0.1, -0.05) is 57.4 Å². The molecule has 1 fully saturated rings. The maximum absolute atomic E-state index is 10.2. The van der Waals surface area contributed by atoms with Gasteiger partial charge in [-0.05, 0) is 43.9 Å². The molecule has 1 spiro atoms. The number of hydrogen-bond acceptors (Lipinski definition) is 1. The molecule has 1 nitrogen and oxygen atoms in total. The fraction of sp³-hybridized carbons (Fsp3) is 0.867. The molecule has 4 heteroatoms. The van der Waals surface area contributed by atoms with Crippen LogP contribution in [0.25, 0.3) is 0 Å². The second-order valence-corrected chi connectivity index (χ2v) is 9.95. The minimum atomic E-state index is -0.404. The van der Waals surface area contributed by atoms with E-state index in [0.717, 1.165) is 19.3 Å². The average molecular weight is 415 g/mol. The lowest BCUT2D eigenvalue weighted by Crippen LogP contribution is -2.56. The molecule has 0 aromatic heterocycles. The van der Waals surface area contributed by atoms with Crippen molar-refractivity contribution in [2.45, 2.75) is 67.6 Å². The lowest BCUT2D eigenvalue weighted by Gasteiger charge is -2.59. The first-order chi connectivity index (χ1) is 8.54. The van der Waals surface area contributed by atoms with Crippen LogP contribution < -0.4 is 0 Å². The first-order valence-corrected chi connectivity index (χ1v) is 9.09. The Morgan fingerprint density at radius 2 is 1.84 bits per heavy atom. The molecule has 0 radical (unpaired) electrons. The molecule has 110 valence electrons. The number of aliphatic hydroxyl groups is 1. The Balaban J connectivity index is 2.45. The first-order valence-electron chi connectivity index (χ1n) is 6.89. The van der Waals surface area contributed by atoms with E-state index in [1.807, 2.05) is 6.08 Å². The molecule has 1 N–H and O–H groups in total. The smallest absolute Gasteiger partial charge is 0.0854 e.